The molecule has 1 aliphatic carbocycles. The zero-order chi connectivity index (χ0) is 25.1. The molecule has 0 spiro atoms. The molecule has 0 bridgehead atoms. The molecule has 0 N–H and O–H groups in total. The maximum Gasteiger partial charge on any atom is 0.270 e. The number of benzene rings is 2. The van der Waals surface area contributed by atoms with Crippen molar-refractivity contribution in [1.82, 2.24) is 0 Å². The van der Waals surface area contributed by atoms with Gasteiger partial charge in [-0.2, -0.15) is 0 Å². The zero-order valence-corrected chi connectivity index (χ0v) is 21.0. The first-order valence-electron chi connectivity index (χ1n) is 12.4. The highest BCUT2D eigenvalue weighted by Gasteiger charge is 2.33. The standard InChI is InChI=1S/C26H30N2O7S/c1-17(29)27-22-8-6-18(28(30)31)13-24(22)36-25-16-19(7-9-23(25)27)35-21-14-20(15-21)32-11-4-12-34-26-5-2-3-10-33-26/h6-9,13,16,20-21,26H,2-5,10-12,14-15H2,1H3/t20-,21-,26?. The summed E-state index contributed by atoms with van der Waals surface area (Å²) in [5.41, 5.74) is 1.39. The second kappa shape index (κ2) is 11.2. The molecule has 0 aromatic heterocycles. The van der Waals surface area contributed by atoms with E-state index < -0.39 is 4.92 Å². The molecule has 0 radical (unpaired) electrons. The molecule has 3 aliphatic rings. The number of rotatable bonds is 9. The maximum absolute atomic E-state index is 12.4. The third-order valence-electron chi connectivity index (χ3n) is 6.54. The Hall–Kier alpha value is -2.66. The Balaban J connectivity index is 1.12. The van der Waals surface area contributed by atoms with E-state index in [1.54, 1.807) is 11.0 Å². The molecule has 1 amide bonds. The summed E-state index contributed by atoms with van der Waals surface area (Å²) in [6, 6.07) is 10.2. The summed E-state index contributed by atoms with van der Waals surface area (Å²) in [5.74, 6) is 0.555. The SMILES string of the molecule is CC(=O)N1c2ccc(O[C@H]3C[C@H](OCCCOC4CCCCO4)C3)cc2Sc2cc([N+](=O)[O-])ccc21. The summed E-state index contributed by atoms with van der Waals surface area (Å²) in [6.07, 6.45) is 5.96. The van der Waals surface area contributed by atoms with E-state index in [0.717, 1.165) is 49.3 Å². The number of anilines is 2. The van der Waals surface area contributed by atoms with Crippen molar-refractivity contribution in [3.63, 3.8) is 0 Å². The molecule has 5 rings (SSSR count). The number of ether oxygens (including phenoxy) is 4. The van der Waals surface area contributed by atoms with Crippen molar-refractivity contribution in [2.75, 3.05) is 24.7 Å². The summed E-state index contributed by atoms with van der Waals surface area (Å²) < 4.78 is 23.4. The third-order valence-corrected chi connectivity index (χ3v) is 7.63. The van der Waals surface area contributed by atoms with Crippen LogP contribution < -0.4 is 9.64 Å². The van der Waals surface area contributed by atoms with Crippen LogP contribution in [0.1, 0.15) is 45.4 Å². The quantitative estimate of drug-likeness (QED) is 0.242. The molecule has 2 aliphatic heterocycles. The predicted molar refractivity (Wildman–Crippen MR) is 134 cm³/mol. The Morgan fingerprint density at radius 1 is 1.08 bits per heavy atom. The lowest BCUT2D eigenvalue weighted by Gasteiger charge is -2.36. The van der Waals surface area contributed by atoms with Crippen molar-refractivity contribution >= 4 is 34.7 Å². The Kier molecular flexibility index (Phi) is 7.76. The van der Waals surface area contributed by atoms with Crippen LogP contribution in [-0.4, -0.2) is 49.1 Å². The number of nitro benzene ring substituents is 1. The van der Waals surface area contributed by atoms with Crippen LogP contribution in [0.4, 0.5) is 17.1 Å². The minimum atomic E-state index is -0.429. The van der Waals surface area contributed by atoms with E-state index in [-0.39, 0.29) is 30.1 Å². The highest BCUT2D eigenvalue weighted by molar-refractivity contribution is 7.99. The molecule has 1 saturated carbocycles. The predicted octanol–water partition coefficient (Wildman–Crippen LogP) is 5.60. The lowest BCUT2D eigenvalue weighted by atomic mass is 9.92. The highest BCUT2D eigenvalue weighted by atomic mass is 32.2. The van der Waals surface area contributed by atoms with E-state index in [4.69, 9.17) is 18.9 Å². The molecular weight excluding hydrogens is 484 g/mol. The van der Waals surface area contributed by atoms with Crippen LogP contribution in [0.2, 0.25) is 0 Å². The number of hydrogen-bond donors (Lipinski definition) is 0. The van der Waals surface area contributed by atoms with Gasteiger partial charge < -0.3 is 18.9 Å². The smallest absolute Gasteiger partial charge is 0.270 e. The summed E-state index contributed by atoms with van der Waals surface area (Å²) in [6.45, 7) is 3.58. The molecule has 1 atom stereocenters. The molecule has 2 heterocycles. The van der Waals surface area contributed by atoms with Crippen LogP contribution >= 0.6 is 11.8 Å². The van der Waals surface area contributed by atoms with Crippen LogP contribution in [0, 0.1) is 10.1 Å². The van der Waals surface area contributed by atoms with Crippen LogP contribution in [-0.2, 0) is 19.0 Å². The number of hydrogen-bond acceptors (Lipinski definition) is 8. The number of amides is 1. The molecule has 2 aromatic carbocycles. The van der Waals surface area contributed by atoms with Gasteiger partial charge in [-0.1, -0.05) is 11.8 Å². The molecule has 10 heteroatoms. The van der Waals surface area contributed by atoms with Crippen LogP contribution in [0.15, 0.2) is 46.2 Å². The number of nitro groups is 1. The largest absolute Gasteiger partial charge is 0.490 e. The second-order valence-electron chi connectivity index (χ2n) is 9.22. The van der Waals surface area contributed by atoms with Crippen molar-refractivity contribution < 1.29 is 28.7 Å². The topological polar surface area (TPSA) is 100 Å². The number of carbonyl (C=O) groups is 1. The highest BCUT2D eigenvalue weighted by Crippen LogP contribution is 2.50. The Labute approximate surface area is 214 Å². The molecule has 9 nitrogen and oxygen atoms in total. The van der Waals surface area contributed by atoms with Gasteiger partial charge in [0.1, 0.15) is 11.9 Å². The van der Waals surface area contributed by atoms with Gasteiger partial charge in [0.25, 0.3) is 5.69 Å². The molecular formula is C26H30N2O7S. The third kappa shape index (κ3) is 5.67. The van der Waals surface area contributed by atoms with Crippen molar-refractivity contribution in [3.8, 4) is 5.75 Å². The molecule has 36 heavy (non-hydrogen) atoms. The summed E-state index contributed by atoms with van der Waals surface area (Å²) in [7, 11) is 0. The van der Waals surface area contributed by atoms with Gasteiger partial charge >= 0.3 is 0 Å². The van der Waals surface area contributed by atoms with Gasteiger partial charge in [-0.15, -0.1) is 0 Å². The fraction of sp³-hybridized carbons (Fsp3) is 0.500. The number of nitrogens with zero attached hydrogens (tertiary/aromatic N) is 2. The zero-order valence-electron chi connectivity index (χ0n) is 20.2. The second-order valence-corrected chi connectivity index (χ2v) is 10.3. The minimum absolute atomic E-state index is 0.00463. The van der Waals surface area contributed by atoms with Gasteiger partial charge in [0.15, 0.2) is 6.29 Å². The van der Waals surface area contributed by atoms with Crippen molar-refractivity contribution in [3.05, 3.63) is 46.5 Å². The van der Waals surface area contributed by atoms with Crippen LogP contribution in [0.5, 0.6) is 5.75 Å². The van der Waals surface area contributed by atoms with E-state index in [1.807, 2.05) is 18.2 Å². The van der Waals surface area contributed by atoms with Gasteiger partial charge in [-0.05, 0) is 49.9 Å². The van der Waals surface area contributed by atoms with E-state index in [9.17, 15) is 14.9 Å². The van der Waals surface area contributed by atoms with Crippen LogP contribution in [0.3, 0.4) is 0 Å². The van der Waals surface area contributed by atoms with Gasteiger partial charge in [-0.25, -0.2) is 0 Å². The normalized spacial score (nSPS) is 22.8. The summed E-state index contributed by atoms with van der Waals surface area (Å²) in [4.78, 5) is 26.3. The van der Waals surface area contributed by atoms with Crippen molar-refractivity contribution in [1.29, 1.82) is 0 Å². The molecule has 2 fully saturated rings. The van der Waals surface area contributed by atoms with Crippen molar-refractivity contribution in [2.24, 2.45) is 0 Å². The Bertz CT molecular complexity index is 1120. The maximum atomic E-state index is 12.4. The lowest BCUT2D eigenvalue weighted by Crippen LogP contribution is -2.39. The van der Waals surface area contributed by atoms with E-state index in [0.29, 0.717) is 29.5 Å². The minimum Gasteiger partial charge on any atom is -0.490 e. The number of carbonyl (C=O) groups excluding carboxylic acids is 1. The average Bonchev–Trinajstić information content (AvgIpc) is 2.85. The fourth-order valence-electron chi connectivity index (χ4n) is 4.61. The first-order valence-corrected chi connectivity index (χ1v) is 13.2. The van der Waals surface area contributed by atoms with Crippen molar-refractivity contribution in [2.45, 2.75) is 73.7 Å². The van der Waals surface area contributed by atoms with E-state index in [1.165, 1.54) is 37.2 Å². The van der Waals surface area contributed by atoms with Crippen LogP contribution in [0.25, 0.3) is 0 Å². The monoisotopic (exact) mass is 514 g/mol. The fourth-order valence-corrected chi connectivity index (χ4v) is 5.73. The van der Waals surface area contributed by atoms with Gasteiger partial charge in [0.2, 0.25) is 5.91 Å². The molecule has 2 aromatic rings. The van der Waals surface area contributed by atoms with E-state index >= 15 is 0 Å². The van der Waals surface area contributed by atoms with Gasteiger partial charge in [0, 0.05) is 54.9 Å². The van der Waals surface area contributed by atoms with E-state index in [2.05, 4.69) is 0 Å². The first kappa shape index (κ1) is 25.0. The Morgan fingerprint density at radius 2 is 1.83 bits per heavy atom. The number of non-ortho nitro benzene ring substituents is 1. The first-order chi connectivity index (χ1) is 17.5. The molecule has 1 unspecified atom stereocenters. The van der Waals surface area contributed by atoms with Gasteiger partial charge in [0.05, 0.1) is 29.0 Å². The number of fused-ring (bicyclic) bond motifs is 2. The molecule has 1 saturated heterocycles. The average molecular weight is 515 g/mol. The summed E-state index contributed by atoms with van der Waals surface area (Å²) >= 11 is 1.40. The van der Waals surface area contributed by atoms with Gasteiger partial charge in [-0.3, -0.25) is 19.8 Å². The summed E-state index contributed by atoms with van der Waals surface area (Å²) in [5, 5.41) is 11.2. The lowest BCUT2D eigenvalue weighted by molar-refractivity contribution is -0.385. The Morgan fingerprint density at radius 3 is 2.56 bits per heavy atom. The molecule has 192 valence electrons.